The zero-order chi connectivity index (χ0) is 49.4. The second kappa shape index (κ2) is 39.3. The molecule has 1 aromatic heterocycles. The number of nitrogens with one attached hydrogen (secondary N) is 6. The number of H-pyrrole nitrogens is 1. The van der Waals surface area contributed by atoms with Crippen LogP contribution in [0.1, 0.15) is 212 Å². The van der Waals surface area contributed by atoms with E-state index in [0.29, 0.717) is 25.9 Å². The largest absolute Gasteiger partial charge is 0.480 e. The van der Waals surface area contributed by atoms with Crippen LogP contribution in [0.15, 0.2) is 0 Å². The Morgan fingerprint density at radius 2 is 0.910 bits per heavy atom. The Hall–Kier alpha value is -4.69. The van der Waals surface area contributed by atoms with Gasteiger partial charge in [0.2, 0.25) is 39.6 Å². The zero-order valence-corrected chi connectivity index (χ0v) is 41.0. The van der Waals surface area contributed by atoms with E-state index < -0.39 is 51.8 Å². The van der Waals surface area contributed by atoms with Crippen LogP contribution in [0.25, 0.3) is 0 Å². The Morgan fingerprint density at radius 1 is 0.507 bits per heavy atom. The molecule has 2 atom stereocenters. The van der Waals surface area contributed by atoms with Crippen molar-refractivity contribution in [2.45, 2.75) is 224 Å². The van der Waals surface area contributed by atoms with Gasteiger partial charge >= 0.3 is 11.9 Å². The van der Waals surface area contributed by atoms with E-state index in [1.807, 2.05) is 6.92 Å². The summed E-state index contributed by atoms with van der Waals surface area (Å²) in [4.78, 5) is 84.1. The van der Waals surface area contributed by atoms with Crippen molar-refractivity contribution in [2.24, 2.45) is 0 Å². The molecule has 0 aromatic carbocycles. The number of rotatable bonds is 45. The minimum atomic E-state index is -3.78. The van der Waals surface area contributed by atoms with Crippen molar-refractivity contribution in [3.63, 3.8) is 0 Å². The van der Waals surface area contributed by atoms with Gasteiger partial charge in [0.1, 0.15) is 12.1 Å². The summed E-state index contributed by atoms with van der Waals surface area (Å²) in [7, 11) is -3.78. The maximum absolute atomic E-state index is 12.4. The lowest BCUT2D eigenvalue weighted by molar-refractivity contribution is -0.143. The lowest BCUT2D eigenvalue weighted by atomic mass is 10.0. The summed E-state index contributed by atoms with van der Waals surface area (Å²) in [6.45, 7) is 2.85. The van der Waals surface area contributed by atoms with Crippen LogP contribution in [0.2, 0.25) is 0 Å². The van der Waals surface area contributed by atoms with Crippen LogP contribution in [0.4, 0.5) is 0 Å². The Balaban J connectivity index is 1.97. The molecule has 21 heteroatoms. The van der Waals surface area contributed by atoms with Crippen LogP contribution in [-0.2, 0) is 50.0 Å². The Bertz CT molecular complexity index is 1650. The number of amides is 5. The minimum Gasteiger partial charge on any atom is -0.480 e. The van der Waals surface area contributed by atoms with Gasteiger partial charge in [0.25, 0.3) is 0 Å². The van der Waals surface area contributed by atoms with Crippen LogP contribution < -0.4 is 26.0 Å². The van der Waals surface area contributed by atoms with Crippen molar-refractivity contribution in [1.29, 1.82) is 0 Å². The highest BCUT2D eigenvalue weighted by Gasteiger charge is 2.24. The number of hydrogen-bond donors (Lipinski definition) is 8. The van der Waals surface area contributed by atoms with Crippen LogP contribution >= 0.6 is 0 Å². The van der Waals surface area contributed by atoms with Crippen molar-refractivity contribution < 1.29 is 52.2 Å². The molecule has 0 radical (unpaired) electrons. The Labute approximate surface area is 398 Å². The van der Waals surface area contributed by atoms with Gasteiger partial charge in [0.05, 0.1) is 5.75 Å². The van der Waals surface area contributed by atoms with Gasteiger partial charge < -0.3 is 31.5 Å². The summed E-state index contributed by atoms with van der Waals surface area (Å²) in [5.74, 6) is -4.25. The van der Waals surface area contributed by atoms with Gasteiger partial charge in [-0.15, -0.1) is 10.2 Å². The zero-order valence-electron chi connectivity index (χ0n) is 40.2. The molecular weight excluding hydrogens is 887 g/mol. The number of aryl methyl sites for hydroxylation is 1. The Morgan fingerprint density at radius 3 is 1.39 bits per heavy atom. The molecule has 5 amide bonds. The standard InChI is InChI=1S/C46H83N9O11S/c1-2-34-47-41(57)32-30-37(45(61)62)50-43(59)33-31-38(46(63)64)49-42(58)27-22-18-14-11-8-12-16-20-24-35-48-40(56)29-25-36-67(65,66)53-44(60)28-23-19-15-10-7-5-3-4-6-9-13-17-21-26-39-51-54-55-52-39/h37-38H,2-36H2,1H3,(H,47,57)(H,48,56)(H,49,58)(H,50,59)(H,53,60)(H,61,62)(H,63,64)(H,51,52,54,55)/t37-,38-/m1/s1. The van der Waals surface area contributed by atoms with Crippen molar-refractivity contribution in [3.8, 4) is 0 Å². The average molecular weight is 970 g/mol. The van der Waals surface area contributed by atoms with Gasteiger partial charge in [0, 0.05) is 51.6 Å². The number of tetrazole rings is 1. The summed E-state index contributed by atoms with van der Waals surface area (Å²) < 4.78 is 26.8. The molecule has 0 fully saturated rings. The molecule has 0 saturated heterocycles. The molecule has 1 aromatic rings. The van der Waals surface area contributed by atoms with Crippen LogP contribution in [0, 0.1) is 0 Å². The fourth-order valence-electron chi connectivity index (χ4n) is 7.42. The molecule has 0 aliphatic heterocycles. The molecule has 384 valence electrons. The molecule has 67 heavy (non-hydrogen) atoms. The Kier molecular flexibility index (Phi) is 35.4. The SMILES string of the molecule is CCCNC(=O)CC[C@@H](NC(=O)CC[C@@H](NC(=O)CCCCCCCCCCCNC(=O)CCCS(=O)(=O)NC(=O)CCCCCCCCCCCCCCCc1nn[nH]n1)C(=O)O)C(=O)O. The summed E-state index contributed by atoms with van der Waals surface area (Å²) in [6, 6.07) is -2.59. The monoisotopic (exact) mass is 970 g/mol. The number of carboxylic acids is 2. The van der Waals surface area contributed by atoms with Crippen LogP contribution in [0.3, 0.4) is 0 Å². The first kappa shape index (κ1) is 60.3. The lowest BCUT2D eigenvalue weighted by Crippen LogP contribution is -2.44. The number of nitrogens with zero attached hydrogens (tertiary/aromatic N) is 3. The maximum atomic E-state index is 12.4. The topological polar surface area (TPSA) is 309 Å². The molecule has 0 spiro atoms. The van der Waals surface area contributed by atoms with Gasteiger partial charge in [-0.3, -0.25) is 28.7 Å². The second-order valence-corrected chi connectivity index (χ2v) is 19.3. The van der Waals surface area contributed by atoms with Crippen molar-refractivity contribution >= 4 is 51.5 Å². The molecule has 8 N–H and O–H groups in total. The first-order chi connectivity index (χ1) is 32.2. The molecule has 1 rings (SSSR count). The summed E-state index contributed by atoms with van der Waals surface area (Å²) >= 11 is 0. The third-order valence-electron chi connectivity index (χ3n) is 11.3. The highest BCUT2D eigenvalue weighted by Crippen LogP contribution is 2.14. The third kappa shape index (κ3) is 36.1. The van der Waals surface area contributed by atoms with E-state index in [4.69, 9.17) is 0 Å². The molecule has 0 saturated carbocycles. The van der Waals surface area contributed by atoms with Crippen molar-refractivity contribution in [1.82, 2.24) is 46.6 Å². The van der Waals surface area contributed by atoms with Gasteiger partial charge in [0.15, 0.2) is 5.82 Å². The number of unbranched alkanes of at least 4 members (excludes halogenated alkanes) is 20. The van der Waals surface area contributed by atoms with Gasteiger partial charge in [-0.1, -0.05) is 128 Å². The van der Waals surface area contributed by atoms with E-state index in [1.165, 1.54) is 51.4 Å². The number of aromatic nitrogens is 4. The smallest absolute Gasteiger partial charge is 0.326 e. The van der Waals surface area contributed by atoms with Gasteiger partial charge in [-0.05, 0) is 51.4 Å². The summed E-state index contributed by atoms with van der Waals surface area (Å²) in [5, 5.41) is 43.1. The highest BCUT2D eigenvalue weighted by molar-refractivity contribution is 7.90. The summed E-state index contributed by atoms with van der Waals surface area (Å²) in [6.07, 6.45) is 24.2. The fourth-order valence-corrected chi connectivity index (χ4v) is 8.49. The number of hydrogen-bond acceptors (Lipinski definition) is 12. The van der Waals surface area contributed by atoms with Crippen LogP contribution in [-0.4, -0.2) is 112 Å². The van der Waals surface area contributed by atoms with E-state index in [9.17, 15) is 52.2 Å². The molecular formula is C46H83N9O11S. The number of aliphatic carboxylic acids is 2. The predicted molar refractivity (Wildman–Crippen MR) is 254 cm³/mol. The quantitative estimate of drug-likeness (QED) is 0.0365. The number of carbonyl (C=O) groups is 7. The number of carboxylic acid groups (broad SMARTS) is 2. The molecule has 1 heterocycles. The molecule has 0 unspecified atom stereocenters. The second-order valence-electron chi connectivity index (χ2n) is 17.5. The minimum absolute atomic E-state index is 0.0686. The highest BCUT2D eigenvalue weighted by atomic mass is 32.2. The number of carbonyl (C=O) groups excluding carboxylic acids is 5. The average Bonchev–Trinajstić information content (AvgIpc) is 3.80. The van der Waals surface area contributed by atoms with E-state index in [0.717, 1.165) is 95.7 Å². The first-order valence-corrected chi connectivity index (χ1v) is 26.7. The first-order valence-electron chi connectivity index (χ1n) is 25.1. The maximum Gasteiger partial charge on any atom is 0.326 e. The van der Waals surface area contributed by atoms with Crippen molar-refractivity contribution in [3.05, 3.63) is 5.82 Å². The van der Waals surface area contributed by atoms with Crippen molar-refractivity contribution in [2.75, 3.05) is 18.8 Å². The van der Waals surface area contributed by atoms with E-state index >= 15 is 0 Å². The van der Waals surface area contributed by atoms with E-state index in [1.54, 1.807) is 0 Å². The lowest BCUT2D eigenvalue weighted by Gasteiger charge is -2.17. The molecule has 20 nitrogen and oxygen atoms in total. The van der Waals surface area contributed by atoms with Gasteiger partial charge in [-0.25, -0.2) is 18.0 Å². The van der Waals surface area contributed by atoms with E-state index in [-0.39, 0.29) is 68.9 Å². The fraction of sp³-hybridized carbons (Fsp3) is 0.826. The third-order valence-corrected chi connectivity index (χ3v) is 12.7. The normalized spacial score (nSPS) is 12.2. The number of aromatic amines is 1. The van der Waals surface area contributed by atoms with E-state index in [2.05, 4.69) is 46.6 Å². The molecule has 0 aliphatic carbocycles. The summed E-state index contributed by atoms with van der Waals surface area (Å²) in [5.41, 5.74) is 0. The molecule has 0 bridgehead atoms. The molecule has 0 aliphatic rings. The predicted octanol–water partition coefficient (Wildman–Crippen LogP) is 5.67. The van der Waals surface area contributed by atoms with Crippen LogP contribution in [0.5, 0.6) is 0 Å². The number of sulfonamides is 1. The van der Waals surface area contributed by atoms with Gasteiger partial charge in [-0.2, -0.15) is 5.21 Å².